The second kappa shape index (κ2) is 10.7. The van der Waals surface area contributed by atoms with Gasteiger partial charge in [0.2, 0.25) is 0 Å². The molecule has 7 nitrogen and oxygen atoms in total. The quantitative estimate of drug-likeness (QED) is 0.213. The van der Waals surface area contributed by atoms with Crippen molar-refractivity contribution in [1.29, 1.82) is 0 Å². The fourth-order valence-electron chi connectivity index (χ4n) is 4.41. The zero-order valence-electron chi connectivity index (χ0n) is 20.7. The molecule has 1 aliphatic heterocycles. The number of carbonyl (C=O) groups excluding carboxylic acids is 2. The molecule has 1 heterocycles. The van der Waals surface area contributed by atoms with E-state index in [1.54, 1.807) is 36.4 Å². The summed E-state index contributed by atoms with van der Waals surface area (Å²) in [6, 6.07) is 14.2. The van der Waals surface area contributed by atoms with Crippen LogP contribution >= 0.6 is 23.2 Å². The lowest BCUT2D eigenvalue weighted by atomic mass is 9.94. The van der Waals surface area contributed by atoms with Crippen molar-refractivity contribution in [3.05, 3.63) is 86.9 Å². The molecular formula is C28H25Cl2NO6. The average Bonchev–Trinajstić information content (AvgIpc) is 3.13. The van der Waals surface area contributed by atoms with Crippen LogP contribution in [0, 0.1) is 6.92 Å². The monoisotopic (exact) mass is 541 g/mol. The van der Waals surface area contributed by atoms with Crippen LogP contribution in [-0.2, 0) is 9.59 Å². The van der Waals surface area contributed by atoms with Crippen molar-refractivity contribution in [2.24, 2.45) is 0 Å². The Morgan fingerprint density at radius 3 is 2.41 bits per heavy atom. The molecule has 1 amide bonds. The van der Waals surface area contributed by atoms with E-state index in [9.17, 15) is 14.7 Å². The molecule has 0 spiro atoms. The van der Waals surface area contributed by atoms with Crippen LogP contribution in [-0.4, -0.2) is 37.6 Å². The highest BCUT2D eigenvalue weighted by Gasteiger charge is 2.47. The molecule has 192 valence electrons. The summed E-state index contributed by atoms with van der Waals surface area (Å²) in [4.78, 5) is 28.3. The van der Waals surface area contributed by atoms with Gasteiger partial charge in [0, 0.05) is 10.7 Å². The van der Waals surface area contributed by atoms with Crippen LogP contribution in [0.5, 0.6) is 17.2 Å². The Morgan fingerprint density at radius 1 is 1.00 bits per heavy atom. The van der Waals surface area contributed by atoms with E-state index in [1.165, 1.54) is 31.3 Å². The Balaban J connectivity index is 2.03. The van der Waals surface area contributed by atoms with Crippen LogP contribution in [0.1, 0.15) is 29.7 Å². The van der Waals surface area contributed by atoms with Gasteiger partial charge in [-0.15, -0.1) is 0 Å². The molecule has 1 N–H and O–H groups in total. The van der Waals surface area contributed by atoms with Gasteiger partial charge in [-0.3, -0.25) is 14.5 Å². The third kappa shape index (κ3) is 4.84. The Kier molecular flexibility index (Phi) is 7.66. The van der Waals surface area contributed by atoms with Crippen LogP contribution in [0.15, 0.2) is 60.2 Å². The minimum Gasteiger partial charge on any atom is -0.507 e. The largest absolute Gasteiger partial charge is 0.507 e. The first-order valence-electron chi connectivity index (χ1n) is 11.4. The fraction of sp³-hybridized carbons (Fsp3) is 0.214. The van der Waals surface area contributed by atoms with Gasteiger partial charge < -0.3 is 19.3 Å². The van der Waals surface area contributed by atoms with E-state index >= 15 is 0 Å². The van der Waals surface area contributed by atoms with Crippen molar-refractivity contribution in [2.75, 3.05) is 25.7 Å². The van der Waals surface area contributed by atoms with E-state index in [0.717, 1.165) is 5.56 Å². The number of aryl methyl sites for hydroxylation is 1. The first kappa shape index (κ1) is 26.4. The molecule has 0 aliphatic carbocycles. The topological polar surface area (TPSA) is 85.3 Å². The third-order valence-corrected chi connectivity index (χ3v) is 6.49. The highest BCUT2D eigenvalue weighted by Crippen LogP contribution is 2.46. The first-order chi connectivity index (χ1) is 17.7. The summed E-state index contributed by atoms with van der Waals surface area (Å²) in [6.07, 6.45) is 0. The van der Waals surface area contributed by atoms with Gasteiger partial charge in [-0.25, -0.2) is 0 Å². The van der Waals surface area contributed by atoms with Crippen molar-refractivity contribution in [2.45, 2.75) is 19.9 Å². The summed E-state index contributed by atoms with van der Waals surface area (Å²) in [6.45, 7) is 4.09. The number of amides is 1. The summed E-state index contributed by atoms with van der Waals surface area (Å²) in [7, 11) is 2.90. The molecule has 1 saturated heterocycles. The molecule has 3 aromatic carbocycles. The predicted molar refractivity (Wildman–Crippen MR) is 143 cm³/mol. The number of halogens is 2. The number of anilines is 1. The van der Waals surface area contributed by atoms with E-state index in [0.29, 0.717) is 29.4 Å². The Bertz CT molecular complexity index is 1420. The molecule has 1 fully saturated rings. The van der Waals surface area contributed by atoms with Crippen LogP contribution < -0.4 is 19.1 Å². The van der Waals surface area contributed by atoms with Crippen molar-refractivity contribution in [1.82, 2.24) is 0 Å². The minimum atomic E-state index is -0.991. The fourth-order valence-corrected chi connectivity index (χ4v) is 4.98. The highest BCUT2D eigenvalue weighted by atomic mass is 35.5. The third-order valence-electron chi connectivity index (χ3n) is 6.00. The number of benzene rings is 3. The maximum Gasteiger partial charge on any atom is 0.300 e. The van der Waals surface area contributed by atoms with E-state index in [1.807, 2.05) is 19.9 Å². The van der Waals surface area contributed by atoms with Gasteiger partial charge in [0.15, 0.2) is 11.5 Å². The number of hydrogen-bond acceptors (Lipinski definition) is 6. The first-order valence-corrected chi connectivity index (χ1v) is 12.2. The second-order valence-electron chi connectivity index (χ2n) is 8.32. The SMILES string of the molecule is CCOc1cc(C2/C(=C(\O)c3cc(Cl)cc(Cl)c3OC)C(=O)C(=O)N2c2cccc(C)c2)ccc1OC. The van der Waals surface area contributed by atoms with Crippen LogP contribution in [0.25, 0.3) is 5.76 Å². The summed E-state index contributed by atoms with van der Waals surface area (Å²) >= 11 is 12.5. The molecule has 0 radical (unpaired) electrons. The number of ether oxygens (including phenoxy) is 3. The smallest absolute Gasteiger partial charge is 0.300 e. The summed E-state index contributed by atoms with van der Waals surface area (Å²) in [5, 5.41) is 11.9. The molecule has 0 bridgehead atoms. The highest BCUT2D eigenvalue weighted by molar-refractivity contribution is 6.52. The van der Waals surface area contributed by atoms with Gasteiger partial charge in [-0.05, 0) is 61.4 Å². The molecule has 1 aliphatic rings. The number of aliphatic hydroxyl groups excluding tert-OH is 1. The maximum atomic E-state index is 13.5. The number of Topliss-reactive ketones (excluding diaryl/α,β-unsaturated/α-hetero) is 1. The van der Waals surface area contributed by atoms with Crippen molar-refractivity contribution >= 4 is 46.3 Å². The van der Waals surface area contributed by atoms with Gasteiger partial charge in [-0.2, -0.15) is 0 Å². The van der Waals surface area contributed by atoms with Crippen molar-refractivity contribution in [3.63, 3.8) is 0 Å². The summed E-state index contributed by atoms with van der Waals surface area (Å²) in [5.41, 5.74) is 1.86. The molecule has 3 aromatic rings. The molecule has 0 aromatic heterocycles. The average molecular weight is 542 g/mol. The molecule has 1 unspecified atom stereocenters. The van der Waals surface area contributed by atoms with Crippen molar-refractivity contribution in [3.8, 4) is 17.2 Å². The van der Waals surface area contributed by atoms with E-state index < -0.39 is 23.5 Å². The minimum absolute atomic E-state index is 0.0887. The number of nitrogens with zero attached hydrogens (tertiary/aromatic N) is 1. The predicted octanol–water partition coefficient (Wildman–Crippen LogP) is 6.34. The standard InChI is InChI=1S/C28H25Cl2NO6/c1-5-37-22-12-16(9-10-21(22)35-3)24-23(25(32)19-13-17(29)14-20(30)27(19)36-4)26(33)28(34)31(24)18-8-6-7-15(2)11-18/h6-14,24,32H,5H2,1-4H3/b25-23+. The van der Waals surface area contributed by atoms with Crippen molar-refractivity contribution < 1.29 is 28.9 Å². The molecule has 1 atom stereocenters. The normalized spacial score (nSPS) is 16.7. The summed E-state index contributed by atoms with van der Waals surface area (Å²) < 4.78 is 16.5. The van der Waals surface area contributed by atoms with Crippen LogP contribution in [0.4, 0.5) is 5.69 Å². The van der Waals surface area contributed by atoms with Gasteiger partial charge in [-0.1, -0.05) is 41.4 Å². The summed E-state index contributed by atoms with van der Waals surface area (Å²) in [5.74, 6) is -1.08. The Morgan fingerprint density at radius 2 is 1.76 bits per heavy atom. The van der Waals surface area contributed by atoms with Crippen LogP contribution in [0.3, 0.4) is 0 Å². The molecular weight excluding hydrogens is 517 g/mol. The van der Waals surface area contributed by atoms with Gasteiger partial charge in [0.05, 0.1) is 43.0 Å². The zero-order chi connectivity index (χ0) is 26.9. The lowest BCUT2D eigenvalue weighted by Gasteiger charge is -2.26. The second-order valence-corrected chi connectivity index (χ2v) is 9.16. The number of aliphatic hydroxyl groups is 1. The number of carbonyl (C=O) groups is 2. The molecule has 0 saturated carbocycles. The number of rotatable bonds is 7. The maximum absolute atomic E-state index is 13.5. The van der Waals surface area contributed by atoms with E-state index in [2.05, 4.69) is 0 Å². The Labute approximate surface area is 224 Å². The number of hydrogen-bond donors (Lipinski definition) is 1. The van der Waals surface area contributed by atoms with Crippen LogP contribution in [0.2, 0.25) is 10.0 Å². The lowest BCUT2D eigenvalue weighted by Crippen LogP contribution is -2.29. The molecule has 37 heavy (non-hydrogen) atoms. The zero-order valence-corrected chi connectivity index (χ0v) is 22.2. The van der Waals surface area contributed by atoms with Gasteiger partial charge in [0.25, 0.3) is 11.7 Å². The van der Waals surface area contributed by atoms with Gasteiger partial charge in [0.1, 0.15) is 11.5 Å². The number of methoxy groups -OCH3 is 2. The molecule has 4 rings (SSSR count). The molecule has 9 heteroatoms. The lowest BCUT2D eigenvalue weighted by molar-refractivity contribution is -0.132. The van der Waals surface area contributed by atoms with E-state index in [-0.39, 0.29) is 26.9 Å². The van der Waals surface area contributed by atoms with Gasteiger partial charge >= 0.3 is 0 Å². The Hall–Kier alpha value is -3.68. The van der Waals surface area contributed by atoms with E-state index in [4.69, 9.17) is 37.4 Å². The number of ketones is 1.